The Morgan fingerprint density at radius 1 is 0.464 bits per heavy atom. The minimum absolute atomic E-state index is 0.0673. The molecule has 0 aromatic heterocycles. The molecule has 0 radical (unpaired) electrons. The molecule has 408 valence electrons. The molecule has 2 fully saturated rings. The van der Waals surface area contributed by atoms with Gasteiger partial charge in [0, 0.05) is 13.0 Å². The summed E-state index contributed by atoms with van der Waals surface area (Å²) in [6.07, 6.45) is 30.0. The summed E-state index contributed by atoms with van der Waals surface area (Å²) in [6.45, 7) is 3.72. The summed E-state index contributed by atoms with van der Waals surface area (Å²) in [5, 5.41) is 72.1. The van der Waals surface area contributed by atoms with Gasteiger partial charge in [0.2, 0.25) is 0 Å². The van der Waals surface area contributed by atoms with Gasteiger partial charge in [-0.1, -0.05) is 199 Å². The number of aliphatic hydroxyl groups excluding tert-OH is 7. The van der Waals surface area contributed by atoms with Gasteiger partial charge in [0.15, 0.2) is 12.6 Å². The van der Waals surface area contributed by atoms with Crippen molar-refractivity contribution in [3.05, 3.63) is 12.2 Å². The molecule has 2 aliphatic rings. The van der Waals surface area contributed by atoms with E-state index in [4.69, 9.17) is 28.4 Å². The van der Waals surface area contributed by atoms with E-state index in [0.717, 1.165) is 38.5 Å². The van der Waals surface area contributed by atoms with Crippen LogP contribution in [-0.2, 0) is 33.2 Å². The molecule has 11 unspecified atom stereocenters. The first kappa shape index (κ1) is 63.8. The van der Waals surface area contributed by atoms with E-state index in [1.54, 1.807) is 0 Å². The minimum atomic E-state index is -1.70. The lowest BCUT2D eigenvalue weighted by Gasteiger charge is -2.42. The molecule has 0 amide bonds. The standard InChI is InChI=1S/C55H104O14/c1-3-5-7-9-11-13-15-16-17-18-19-20-21-22-23-24-25-26-27-28-29-30-32-34-36-38-47(57)67-44(41-64-39-37-35-33-31-14-12-10-8-6-4-2)42-65-54-53(63)51(61)49(59)46(69-54)43-66-55-52(62)50(60)48(58)45(40-56)68-55/h18-19,44-46,48-56,58-63H,3-17,20-43H2,1-2H3/b19-18-. The molecular formula is C55H104O14. The highest BCUT2D eigenvalue weighted by Crippen LogP contribution is 2.27. The van der Waals surface area contributed by atoms with Gasteiger partial charge < -0.3 is 64.2 Å². The fourth-order valence-electron chi connectivity index (χ4n) is 9.16. The third-order valence-corrected chi connectivity index (χ3v) is 13.8. The van der Waals surface area contributed by atoms with Crippen molar-refractivity contribution in [3.8, 4) is 0 Å². The van der Waals surface area contributed by atoms with Crippen molar-refractivity contribution in [1.29, 1.82) is 0 Å². The fraction of sp³-hybridized carbons (Fsp3) is 0.945. The maximum atomic E-state index is 13.0. The summed E-state index contributed by atoms with van der Waals surface area (Å²) in [5.74, 6) is -0.372. The highest BCUT2D eigenvalue weighted by molar-refractivity contribution is 5.69. The van der Waals surface area contributed by atoms with E-state index in [-0.39, 0.29) is 25.6 Å². The predicted octanol–water partition coefficient (Wildman–Crippen LogP) is 9.41. The summed E-state index contributed by atoms with van der Waals surface area (Å²) in [6, 6.07) is 0. The quantitative estimate of drug-likeness (QED) is 0.0172. The maximum absolute atomic E-state index is 13.0. The van der Waals surface area contributed by atoms with Gasteiger partial charge in [-0.15, -0.1) is 0 Å². The van der Waals surface area contributed by atoms with Crippen LogP contribution < -0.4 is 0 Å². The number of rotatable bonds is 46. The predicted molar refractivity (Wildman–Crippen MR) is 271 cm³/mol. The molecule has 0 aromatic rings. The van der Waals surface area contributed by atoms with Crippen molar-refractivity contribution < 1.29 is 69.0 Å². The second kappa shape index (κ2) is 43.2. The van der Waals surface area contributed by atoms with E-state index in [9.17, 15) is 40.5 Å². The van der Waals surface area contributed by atoms with Crippen molar-refractivity contribution in [2.45, 2.75) is 300 Å². The zero-order valence-electron chi connectivity index (χ0n) is 43.6. The molecule has 2 aliphatic heterocycles. The van der Waals surface area contributed by atoms with E-state index in [0.29, 0.717) is 13.0 Å². The lowest BCUT2D eigenvalue weighted by atomic mass is 9.98. The molecular weight excluding hydrogens is 885 g/mol. The first-order chi connectivity index (χ1) is 33.6. The van der Waals surface area contributed by atoms with Gasteiger partial charge >= 0.3 is 5.97 Å². The number of unbranched alkanes of at least 4 members (excludes halogenated alkanes) is 30. The van der Waals surface area contributed by atoms with E-state index in [1.807, 2.05) is 0 Å². The number of aliphatic hydroxyl groups is 7. The monoisotopic (exact) mass is 989 g/mol. The highest BCUT2D eigenvalue weighted by atomic mass is 16.7. The summed E-state index contributed by atoms with van der Waals surface area (Å²) >= 11 is 0. The molecule has 0 aliphatic carbocycles. The van der Waals surface area contributed by atoms with E-state index >= 15 is 0 Å². The van der Waals surface area contributed by atoms with Crippen LogP contribution in [0.4, 0.5) is 0 Å². The molecule has 0 aromatic carbocycles. The summed E-state index contributed by atoms with van der Waals surface area (Å²) in [7, 11) is 0. The molecule has 0 saturated carbocycles. The summed E-state index contributed by atoms with van der Waals surface area (Å²) in [4.78, 5) is 13.0. The van der Waals surface area contributed by atoms with Crippen molar-refractivity contribution in [2.24, 2.45) is 0 Å². The lowest BCUT2D eigenvalue weighted by Crippen LogP contribution is -2.61. The number of allylic oxidation sites excluding steroid dienone is 2. The van der Waals surface area contributed by atoms with Crippen LogP contribution >= 0.6 is 0 Å². The summed E-state index contributed by atoms with van der Waals surface area (Å²) < 4.78 is 34.3. The molecule has 0 spiro atoms. The molecule has 0 bridgehead atoms. The molecule has 14 heteroatoms. The van der Waals surface area contributed by atoms with Gasteiger partial charge in [-0.3, -0.25) is 4.79 Å². The number of carbonyl (C=O) groups excluding carboxylic acids is 1. The third kappa shape index (κ3) is 30.5. The van der Waals surface area contributed by atoms with Crippen molar-refractivity contribution in [3.63, 3.8) is 0 Å². The normalized spacial score (nSPS) is 25.7. The van der Waals surface area contributed by atoms with Crippen molar-refractivity contribution in [2.75, 3.05) is 33.0 Å². The van der Waals surface area contributed by atoms with Crippen molar-refractivity contribution in [1.82, 2.24) is 0 Å². The van der Waals surface area contributed by atoms with Gasteiger partial charge in [0.25, 0.3) is 0 Å². The molecule has 11 atom stereocenters. The van der Waals surface area contributed by atoms with Gasteiger partial charge in [0.1, 0.15) is 54.9 Å². The number of esters is 1. The first-order valence-electron chi connectivity index (χ1n) is 28.3. The van der Waals surface area contributed by atoms with E-state index in [2.05, 4.69) is 26.0 Å². The third-order valence-electron chi connectivity index (χ3n) is 13.8. The minimum Gasteiger partial charge on any atom is -0.457 e. The average Bonchev–Trinajstić information content (AvgIpc) is 3.35. The van der Waals surface area contributed by atoms with Crippen LogP contribution in [0.1, 0.15) is 232 Å². The molecule has 2 saturated heterocycles. The first-order valence-corrected chi connectivity index (χ1v) is 28.3. The Labute approximate surface area is 418 Å². The second-order valence-electron chi connectivity index (χ2n) is 20.1. The van der Waals surface area contributed by atoms with Gasteiger partial charge in [-0.25, -0.2) is 0 Å². The van der Waals surface area contributed by atoms with Gasteiger partial charge in [0.05, 0.1) is 26.4 Å². The van der Waals surface area contributed by atoms with Gasteiger partial charge in [-0.2, -0.15) is 0 Å². The number of carbonyl (C=O) groups is 1. The Morgan fingerprint density at radius 2 is 0.855 bits per heavy atom. The van der Waals surface area contributed by atoms with Crippen LogP contribution in [0.5, 0.6) is 0 Å². The smallest absolute Gasteiger partial charge is 0.306 e. The fourth-order valence-corrected chi connectivity index (χ4v) is 9.16. The zero-order valence-corrected chi connectivity index (χ0v) is 43.6. The highest BCUT2D eigenvalue weighted by Gasteiger charge is 2.47. The van der Waals surface area contributed by atoms with Crippen LogP contribution in [0.3, 0.4) is 0 Å². The van der Waals surface area contributed by atoms with E-state index in [1.165, 1.54) is 167 Å². The van der Waals surface area contributed by atoms with Crippen molar-refractivity contribution >= 4 is 5.97 Å². The number of hydrogen-bond donors (Lipinski definition) is 7. The summed E-state index contributed by atoms with van der Waals surface area (Å²) in [5.41, 5.74) is 0. The average molecular weight is 989 g/mol. The molecule has 2 heterocycles. The van der Waals surface area contributed by atoms with Crippen LogP contribution in [0.2, 0.25) is 0 Å². The Bertz CT molecular complexity index is 1190. The number of ether oxygens (including phenoxy) is 6. The largest absolute Gasteiger partial charge is 0.457 e. The topological polar surface area (TPSA) is 214 Å². The van der Waals surface area contributed by atoms with Crippen LogP contribution in [0.25, 0.3) is 0 Å². The Morgan fingerprint density at radius 3 is 1.32 bits per heavy atom. The van der Waals surface area contributed by atoms with E-state index < -0.39 is 80.7 Å². The van der Waals surface area contributed by atoms with Crippen LogP contribution in [-0.4, -0.2) is 142 Å². The zero-order chi connectivity index (χ0) is 50.2. The molecule has 14 nitrogen and oxygen atoms in total. The Hall–Kier alpha value is -1.27. The van der Waals surface area contributed by atoms with Gasteiger partial charge in [-0.05, 0) is 38.5 Å². The lowest BCUT2D eigenvalue weighted by molar-refractivity contribution is -0.332. The number of hydrogen-bond acceptors (Lipinski definition) is 14. The van der Waals surface area contributed by atoms with Crippen LogP contribution in [0.15, 0.2) is 12.2 Å². The maximum Gasteiger partial charge on any atom is 0.306 e. The Kier molecular flexibility index (Phi) is 39.9. The molecule has 7 N–H and O–H groups in total. The molecule has 69 heavy (non-hydrogen) atoms. The molecule has 2 rings (SSSR count). The van der Waals surface area contributed by atoms with Crippen LogP contribution in [0, 0.1) is 0 Å². The second-order valence-corrected chi connectivity index (χ2v) is 20.1. The SMILES string of the molecule is CCCCCCCCCC/C=C\CCCCCCCCCCCCCCCC(=O)OC(COCCCCCCCCCCCC)COC1OC(COC2OC(CO)C(O)C(O)C2O)C(O)C(O)C1O. The Balaban J connectivity index is 1.65.